The fourth-order valence-corrected chi connectivity index (χ4v) is 6.41. The fourth-order valence-electron chi connectivity index (χ4n) is 5.73. The van der Waals surface area contributed by atoms with Crippen LogP contribution in [0.1, 0.15) is 0 Å². The molecule has 0 amide bonds. The summed E-state index contributed by atoms with van der Waals surface area (Å²) in [5.74, 6) is 0.759. The third-order valence-corrected chi connectivity index (χ3v) is 8.34. The van der Waals surface area contributed by atoms with E-state index in [4.69, 9.17) is 9.36 Å². The average molecular weight is 530 g/mol. The van der Waals surface area contributed by atoms with E-state index in [9.17, 15) is 0 Å². The third-order valence-electron chi connectivity index (χ3n) is 7.58. The molecular formula is C36H23N3S. The molecule has 0 saturated carbocycles. The SMILES string of the molecule is c1ccc(-c2cccc3cc(-c4nsc(-c5cccc(-n6c7ccccc7c7ccccc76)c5)n4)ccc23)cc1. The number of hydrogen-bond acceptors (Lipinski definition) is 3. The van der Waals surface area contributed by atoms with Crippen molar-refractivity contribution in [3.05, 3.63) is 140 Å². The summed E-state index contributed by atoms with van der Waals surface area (Å²) in [6.45, 7) is 0. The second-order valence-corrected chi connectivity index (χ2v) is 10.7. The number of para-hydroxylation sites is 2. The van der Waals surface area contributed by atoms with Crippen molar-refractivity contribution in [3.63, 3.8) is 0 Å². The number of hydrogen-bond donors (Lipinski definition) is 0. The smallest absolute Gasteiger partial charge is 0.173 e. The van der Waals surface area contributed by atoms with Crippen LogP contribution in [0.5, 0.6) is 0 Å². The van der Waals surface area contributed by atoms with Crippen molar-refractivity contribution in [2.45, 2.75) is 0 Å². The maximum atomic E-state index is 4.98. The highest BCUT2D eigenvalue weighted by Gasteiger charge is 2.14. The van der Waals surface area contributed by atoms with E-state index < -0.39 is 0 Å². The molecule has 8 aromatic rings. The minimum Gasteiger partial charge on any atom is -0.309 e. The molecule has 0 fully saturated rings. The normalized spacial score (nSPS) is 11.5. The summed E-state index contributed by atoms with van der Waals surface area (Å²) in [4.78, 5) is 4.98. The number of fused-ring (bicyclic) bond motifs is 4. The predicted octanol–water partition coefficient (Wildman–Crippen LogP) is 9.79. The van der Waals surface area contributed by atoms with E-state index in [1.165, 1.54) is 55.2 Å². The Bertz CT molecular complexity index is 2120. The molecule has 2 aromatic heterocycles. The van der Waals surface area contributed by atoms with Gasteiger partial charge in [0, 0.05) is 27.6 Å². The fraction of sp³-hybridized carbons (Fsp3) is 0. The Labute approximate surface area is 235 Å². The molecule has 0 atom stereocenters. The number of benzene rings is 6. The quantitative estimate of drug-likeness (QED) is 0.227. The van der Waals surface area contributed by atoms with Crippen LogP contribution in [0.2, 0.25) is 0 Å². The topological polar surface area (TPSA) is 30.7 Å². The Kier molecular flexibility index (Phi) is 5.32. The summed E-state index contributed by atoms with van der Waals surface area (Å²) in [5.41, 5.74) is 8.06. The van der Waals surface area contributed by atoms with E-state index in [-0.39, 0.29) is 0 Å². The molecule has 0 radical (unpaired) electrons. The number of nitrogens with zero attached hydrogens (tertiary/aromatic N) is 3. The van der Waals surface area contributed by atoms with Crippen molar-refractivity contribution in [1.29, 1.82) is 0 Å². The summed E-state index contributed by atoms with van der Waals surface area (Å²) in [6, 6.07) is 49.3. The molecule has 40 heavy (non-hydrogen) atoms. The van der Waals surface area contributed by atoms with E-state index in [0.717, 1.165) is 27.6 Å². The molecule has 2 heterocycles. The van der Waals surface area contributed by atoms with Gasteiger partial charge in [-0.2, -0.15) is 4.37 Å². The van der Waals surface area contributed by atoms with Gasteiger partial charge >= 0.3 is 0 Å². The first-order chi connectivity index (χ1) is 19.8. The maximum Gasteiger partial charge on any atom is 0.173 e. The van der Waals surface area contributed by atoms with E-state index in [1.54, 1.807) is 0 Å². The number of rotatable bonds is 4. The molecule has 0 aliphatic carbocycles. The van der Waals surface area contributed by atoms with Crippen LogP contribution in [0.15, 0.2) is 140 Å². The lowest BCUT2D eigenvalue weighted by atomic mass is 9.97. The Hall–Kier alpha value is -5.06. The Balaban J connectivity index is 1.19. The second-order valence-electron chi connectivity index (χ2n) is 9.95. The van der Waals surface area contributed by atoms with Gasteiger partial charge in [-0.05, 0) is 63.8 Å². The molecule has 0 spiro atoms. The van der Waals surface area contributed by atoms with Crippen LogP contribution < -0.4 is 0 Å². The molecule has 0 N–H and O–H groups in total. The maximum absolute atomic E-state index is 4.98. The molecule has 8 rings (SSSR count). The molecule has 188 valence electrons. The van der Waals surface area contributed by atoms with E-state index >= 15 is 0 Å². The van der Waals surface area contributed by atoms with Crippen molar-refractivity contribution in [3.8, 4) is 38.8 Å². The Morgan fingerprint density at radius 3 is 2.00 bits per heavy atom. The second kappa shape index (κ2) is 9.30. The lowest BCUT2D eigenvalue weighted by Gasteiger charge is -2.09. The predicted molar refractivity (Wildman–Crippen MR) is 168 cm³/mol. The van der Waals surface area contributed by atoms with Gasteiger partial charge in [0.15, 0.2) is 5.82 Å². The van der Waals surface area contributed by atoms with E-state index in [0.29, 0.717) is 0 Å². The first kappa shape index (κ1) is 22.9. The molecule has 0 aliphatic rings. The zero-order chi connectivity index (χ0) is 26.5. The van der Waals surface area contributed by atoms with Crippen LogP contribution in [0, 0.1) is 0 Å². The monoisotopic (exact) mass is 529 g/mol. The molecule has 0 bridgehead atoms. The highest BCUT2D eigenvalue weighted by molar-refractivity contribution is 7.09. The van der Waals surface area contributed by atoms with Gasteiger partial charge in [0.1, 0.15) is 5.01 Å². The molecular weight excluding hydrogens is 506 g/mol. The summed E-state index contributed by atoms with van der Waals surface area (Å²) in [6.07, 6.45) is 0. The van der Waals surface area contributed by atoms with Crippen LogP contribution >= 0.6 is 11.5 Å². The van der Waals surface area contributed by atoms with Crippen molar-refractivity contribution in [2.24, 2.45) is 0 Å². The van der Waals surface area contributed by atoms with Gasteiger partial charge in [-0.25, -0.2) is 4.98 Å². The molecule has 4 heteroatoms. The van der Waals surface area contributed by atoms with Gasteiger partial charge in [0.25, 0.3) is 0 Å². The van der Waals surface area contributed by atoms with Crippen LogP contribution in [-0.4, -0.2) is 13.9 Å². The molecule has 6 aromatic carbocycles. The minimum absolute atomic E-state index is 0.759. The van der Waals surface area contributed by atoms with Crippen molar-refractivity contribution in [2.75, 3.05) is 0 Å². The largest absolute Gasteiger partial charge is 0.309 e. The van der Waals surface area contributed by atoms with Crippen LogP contribution in [0.4, 0.5) is 0 Å². The summed E-state index contributed by atoms with van der Waals surface area (Å²) >= 11 is 1.45. The third kappa shape index (κ3) is 3.73. The average Bonchev–Trinajstić information content (AvgIpc) is 3.65. The summed E-state index contributed by atoms with van der Waals surface area (Å²) < 4.78 is 7.10. The van der Waals surface area contributed by atoms with Crippen molar-refractivity contribution < 1.29 is 0 Å². The zero-order valence-electron chi connectivity index (χ0n) is 21.5. The summed E-state index contributed by atoms with van der Waals surface area (Å²) in [5, 5.41) is 5.84. The molecule has 3 nitrogen and oxygen atoms in total. The highest BCUT2D eigenvalue weighted by Crippen LogP contribution is 2.35. The van der Waals surface area contributed by atoms with E-state index in [1.807, 2.05) is 0 Å². The molecule has 0 unspecified atom stereocenters. The molecule has 0 aliphatic heterocycles. The lowest BCUT2D eigenvalue weighted by molar-refractivity contribution is 1.18. The van der Waals surface area contributed by atoms with Crippen molar-refractivity contribution in [1.82, 2.24) is 13.9 Å². The first-order valence-corrected chi connectivity index (χ1v) is 14.1. The number of aromatic nitrogens is 3. The summed E-state index contributed by atoms with van der Waals surface area (Å²) in [7, 11) is 0. The van der Waals surface area contributed by atoms with Gasteiger partial charge in [-0.3, -0.25) is 0 Å². The van der Waals surface area contributed by atoms with E-state index in [2.05, 4.69) is 144 Å². The van der Waals surface area contributed by atoms with Gasteiger partial charge in [-0.1, -0.05) is 109 Å². The van der Waals surface area contributed by atoms with Gasteiger partial charge in [0.05, 0.1) is 11.0 Å². The van der Waals surface area contributed by atoms with Crippen LogP contribution in [0.25, 0.3) is 71.4 Å². The van der Waals surface area contributed by atoms with Crippen LogP contribution in [-0.2, 0) is 0 Å². The lowest BCUT2D eigenvalue weighted by Crippen LogP contribution is -1.94. The van der Waals surface area contributed by atoms with Gasteiger partial charge < -0.3 is 4.57 Å². The van der Waals surface area contributed by atoms with Gasteiger partial charge in [-0.15, -0.1) is 0 Å². The highest BCUT2D eigenvalue weighted by atomic mass is 32.1. The Morgan fingerprint density at radius 2 is 1.20 bits per heavy atom. The van der Waals surface area contributed by atoms with Crippen molar-refractivity contribution >= 4 is 44.1 Å². The Morgan fingerprint density at radius 1 is 0.500 bits per heavy atom. The van der Waals surface area contributed by atoms with Gasteiger partial charge in [0.2, 0.25) is 0 Å². The van der Waals surface area contributed by atoms with Crippen LogP contribution in [0.3, 0.4) is 0 Å². The standard InChI is InChI=1S/C36H23N3S/c1-2-10-24(11-3-1)29-17-9-12-25-22-26(20-21-30(25)29)35-37-36(40-38-35)27-13-8-14-28(23-27)39-33-18-6-4-15-31(33)32-16-5-7-19-34(32)39/h1-23H. The minimum atomic E-state index is 0.759. The molecule has 0 saturated heterocycles. The first-order valence-electron chi connectivity index (χ1n) is 13.3. The zero-order valence-corrected chi connectivity index (χ0v) is 22.3.